The second kappa shape index (κ2) is 4.82. The van der Waals surface area contributed by atoms with Crippen LogP contribution < -0.4 is 5.32 Å². The fraction of sp³-hybridized carbons (Fsp3) is 0.143. The van der Waals surface area contributed by atoms with E-state index in [2.05, 4.69) is 15.3 Å². The summed E-state index contributed by atoms with van der Waals surface area (Å²) < 4.78 is 0. The predicted octanol–water partition coefficient (Wildman–Crippen LogP) is 3.67. The number of benzene rings is 1. The quantitative estimate of drug-likeness (QED) is 0.468. The summed E-state index contributed by atoms with van der Waals surface area (Å²) in [4.78, 5) is 2.59. The van der Waals surface area contributed by atoms with Gasteiger partial charge < -0.3 is 5.32 Å². The van der Waals surface area contributed by atoms with Crippen LogP contribution in [0.1, 0.15) is 0 Å². The molecule has 0 aliphatic heterocycles. The van der Waals surface area contributed by atoms with E-state index in [0.29, 0.717) is 15.7 Å². The lowest BCUT2D eigenvalue weighted by Gasteiger charge is -2.04. The second-order valence-corrected chi connectivity index (χ2v) is 3.03. The van der Waals surface area contributed by atoms with Gasteiger partial charge in [0.2, 0.25) is 0 Å². The van der Waals surface area contributed by atoms with Crippen LogP contribution in [0.4, 0.5) is 5.69 Å². The number of azide groups is 1. The molecular formula is C7H6Cl2N4. The van der Waals surface area contributed by atoms with Gasteiger partial charge in [-0.25, -0.2) is 0 Å². The van der Waals surface area contributed by atoms with Gasteiger partial charge in [0.15, 0.2) is 0 Å². The van der Waals surface area contributed by atoms with Gasteiger partial charge in [0.05, 0.1) is 17.4 Å². The van der Waals surface area contributed by atoms with E-state index in [4.69, 9.17) is 28.7 Å². The summed E-state index contributed by atoms with van der Waals surface area (Å²) in [6, 6.07) is 5.02. The second-order valence-electron chi connectivity index (χ2n) is 2.19. The highest BCUT2D eigenvalue weighted by molar-refractivity contribution is 6.35. The number of rotatable bonds is 3. The summed E-state index contributed by atoms with van der Waals surface area (Å²) in [6.45, 7) is 0.149. The number of hydrogen-bond donors (Lipinski definition) is 1. The van der Waals surface area contributed by atoms with E-state index < -0.39 is 0 Å². The Morgan fingerprint density at radius 1 is 1.46 bits per heavy atom. The van der Waals surface area contributed by atoms with Crippen molar-refractivity contribution >= 4 is 28.9 Å². The minimum atomic E-state index is 0.149. The Hall–Kier alpha value is -1.09. The molecule has 68 valence electrons. The van der Waals surface area contributed by atoms with Crippen molar-refractivity contribution in [1.29, 1.82) is 0 Å². The molecule has 4 nitrogen and oxygen atoms in total. The largest absolute Gasteiger partial charge is 0.378 e. The van der Waals surface area contributed by atoms with Gasteiger partial charge in [0.25, 0.3) is 0 Å². The van der Waals surface area contributed by atoms with Crippen molar-refractivity contribution in [3.8, 4) is 0 Å². The van der Waals surface area contributed by atoms with Crippen LogP contribution >= 0.6 is 23.2 Å². The van der Waals surface area contributed by atoms with Crippen LogP contribution in [-0.4, -0.2) is 6.67 Å². The zero-order chi connectivity index (χ0) is 9.68. The summed E-state index contributed by atoms with van der Waals surface area (Å²) in [7, 11) is 0. The number of nitrogens with zero attached hydrogens (tertiary/aromatic N) is 3. The molecule has 0 heterocycles. The molecule has 0 radical (unpaired) electrons. The van der Waals surface area contributed by atoms with Gasteiger partial charge >= 0.3 is 0 Å². The van der Waals surface area contributed by atoms with Crippen LogP contribution in [-0.2, 0) is 0 Å². The van der Waals surface area contributed by atoms with Gasteiger partial charge in [-0.3, -0.25) is 0 Å². The molecule has 1 aromatic rings. The van der Waals surface area contributed by atoms with Crippen LogP contribution in [0, 0.1) is 0 Å². The van der Waals surface area contributed by atoms with Crippen LogP contribution in [0.3, 0.4) is 0 Å². The summed E-state index contributed by atoms with van der Waals surface area (Å²) in [6.07, 6.45) is 0. The van der Waals surface area contributed by atoms with Crippen molar-refractivity contribution < 1.29 is 0 Å². The number of anilines is 1. The van der Waals surface area contributed by atoms with E-state index in [9.17, 15) is 0 Å². The third kappa shape index (κ3) is 3.03. The van der Waals surface area contributed by atoms with Crippen molar-refractivity contribution in [2.75, 3.05) is 12.0 Å². The van der Waals surface area contributed by atoms with Gasteiger partial charge in [-0.15, -0.1) is 0 Å². The van der Waals surface area contributed by atoms with Crippen LogP contribution in [0.25, 0.3) is 10.4 Å². The number of nitrogens with one attached hydrogen (secondary N) is 1. The van der Waals surface area contributed by atoms with E-state index in [0.717, 1.165) is 0 Å². The normalized spacial score (nSPS) is 9.08. The molecule has 0 unspecified atom stereocenters. The first-order valence-electron chi connectivity index (χ1n) is 3.44. The van der Waals surface area contributed by atoms with Gasteiger partial charge in [0, 0.05) is 9.93 Å². The molecule has 1 aromatic carbocycles. The van der Waals surface area contributed by atoms with Crippen LogP contribution in [0.2, 0.25) is 10.0 Å². The molecule has 1 rings (SSSR count). The Morgan fingerprint density at radius 3 is 2.92 bits per heavy atom. The van der Waals surface area contributed by atoms with E-state index in [-0.39, 0.29) is 6.67 Å². The highest BCUT2D eigenvalue weighted by Crippen LogP contribution is 2.24. The number of halogens is 2. The lowest BCUT2D eigenvalue weighted by molar-refractivity contribution is 1.12. The molecule has 1 N–H and O–H groups in total. The molecule has 0 amide bonds. The summed E-state index contributed by atoms with van der Waals surface area (Å²) in [5.74, 6) is 0. The Kier molecular flexibility index (Phi) is 3.71. The van der Waals surface area contributed by atoms with Gasteiger partial charge in [-0.05, 0) is 23.7 Å². The third-order valence-electron chi connectivity index (χ3n) is 1.33. The van der Waals surface area contributed by atoms with Gasteiger partial charge in [0.1, 0.15) is 0 Å². The summed E-state index contributed by atoms with van der Waals surface area (Å²) in [5.41, 5.74) is 8.68. The highest BCUT2D eigenvalue weighted by Gasteiger charge is 1.98. The fourth-order valence-electron chi connectivity index (χ4n) is 0.785. The van der Waals surface area contributed by atoms with Crippen molar-refractivity contribution in [2.24, 2.45) is 5.11 Å². The Labute approximate surface area is 85.1 Å². The molecule has 0 aromatic heterocycles. The molecule has 13 heavy (non-hydrogen) atoms. The van der Waals surface area contributed by atoms with Gasteiger partial charge in [-0.2, -0.15) is 0 Å². The lowest BCUT2D eigenvalue weighted by Crippen LogP contribution is -1.97. The number of hydrogen-bond acceptors (Lipinski definition) is 2. The first-order chi connectivity index (χ1) is 6.24. The van der Waals surface area contributed by atoms with E-state index in [1.54, 1.807) is 18.2 Å². The lowest BCUT2D eigenvalue weighted by atomic mass is 10.3. The maximum absolute atomic E-state index is 8.03. The van der Waals surface area contributed by atoms with E-state index >= 15 is 0 Å². The van der Waals surface area contributed by atoms with Crippen LogP contribution in [0.15, 0.2) is 23.3 Å². The van der Waals surface area contributed by atoms with E-state index in [1.807, 2.05) is 0 Å². The SMILES string of the molecule is [N-]=[N+]=NCNc1cc(Cl)ccc1Cl. The molecule has 0 bridgehead atoms. The van der Waals surface area contributed by atoms with Crippen molar-refractivity contribution in [3.63, 3.8) is 0 Å². The molecular weight excluding hydrogens is 211 g/mol. The molecule has 0 atom stereocenters. The topological polar surface area (TPSA) is 60.8 Å². The van der Waals surface area contributed by atoms with Crippen molar-refractivity contribution in [1.82, 2.24) is 0 Å². The minimum absolute atomic E-state index is 0.149. The predicted molar refractivity (Wildman–Crippen MR) is 54.1 cm³/mol. The van der Waals surface area contributed by atoms with Crippen LogP contribution in [0.5, 0.6) is 0 Å². The standard InChI is InChI=1S/C7H6Cl2N4/c8-5-1-2-6(9)7(3-5)11-4-12-13-10/h1-3,11H,4H2. The van der Waals surface area contributed by atoms with Crippen molar-refractivity contribution in [3.05, 3.63) is 38.7 Å². The monoisotopic (exact) mass is 216 g/mol. The molecule has 0 aliphatic carbocycles. The highest BCUT2D eigenvalue weighted by atomic mass is 35.5. The average molecular weight is 217 g/mol. The minimum Gasteiger partial charge on any atom is -0.378 e. The summed E-state index contributed by atoms with van der Waals surface area (Å²) >= 11 is 11.5. The maximum Gasteiger partial charge on any atom is 0.0937 e. The molecule has 0 saturated heterocycles. The fourth-order valence-corrected chi connectivity index (χ4v) is 1.14. The van der Waals surface area contributed by atoms with Crippen molar-refractivity contribution in [2.45, 2.75) is 0 Å². The zero-order valence-electron chi connectivity index (χ0n) is 6.54. The Morgan fingerprint density at radius 2 is 2.23 bits per heavy atom. The molecule has 0 aliphatic rings. The zero-order valence-corrected chi connectivity index (χ0v) is 8.05. The Bertz CT molecular complexity index is 346. The first kappa shape index (κ1) is 9.99. The molecule has 0 spiro atoms. The maximum atomic E-state index is 8.03. The molecule has 6 heteroatoms. The van der Waals surface area contributed by atoms with Gasteiger partial charge in [-0.1, -0.05) is 28.3 Å². The first-order valence-corrected chi connectivity index (χ1v) is 4.19. The molecule has 0 saturated carbocycles. The Balaban J connectivity index is 2.75. The molecule has 0 fully saturated rings. The third-order valence-corrected chi connectivity index (χ3v) is 1.90. The van der Waals surface area contributed by atoms with E-state index in [1.165, 1.54) is 0 Å². The smallest absolute Gasteiger partial charge is 0.0937 e. The summed E-state index contributed by atoms with van der Waals surface area (Å²) in [5, 5.41) is 7.24. The average Bonchev–Trinajstić information content (AvgIpc) is 2.11.